The van der Waals surface area contributed by atoms with Crippen molar-refractivity contribution in [3.63, 3.8) is 0 Å². The molecule has 0 saturated heterocycles. The topological polar surface area (TPSA) is 112 Å². The van der Waals surface area contributed by atoms with Gasteiger partial charge in [-0.3, -0.25) is 9.36 Å². The molecule has 3 heterocycles. The van der Waals surface area contributed by atoms with Crippen LogP contribution in [0.1, 0.15) is 18.7 Å². The zero-order valence-corrected chi connectivity index (χ0v) is 20.0. The number of phenolic OH excluding ortho intramolecular Hbond substituents is 1. The molecule has 0 radical (unpaired) electrons. The largest absolute Gasteiger partial charge is 0.505 e. The molecular weight excluding hydrogens is 490 g/mol. The number of nitrogens with zero attached hydrogens (tertiary/aromatic N) is 5. The Bertz CT molecular complexity index is 1930. The summed E-state index contributed by atoms with van der Waals surface area (Å²) in [6, 6.07) is 18.1. The maximum atomic E-state index is 14.2. The van der Waals surface area contributed by atoms with Crippen LogP contribution >= 0.6 is 0 Å². The van der Waals surface area contributed by atoms with Crippen LogP contribution in [0.5, 0.6) is 5.75 Å². The SMILES string of the molecule is CC(c1cc2ccccc2c(=O)n1-c1cccc(F)c1)n1nc(-c2ccc(O)c(F)c2)c2c(N)ncnc21. The summed E-state index contributed by atoms with van der Waals surface area (Å²) in [6.07, 6.45) is 1.30. The van der Waals surface area contributed by atoms with E-state index in [-0.39, 0.29) is 11.4 Å². The first-order chi connectivity index (χ1) is 18.3. The van der Waals surface area contributed by atoms with E-state index in [9.17, 15) is 18.7 Å². The van der Waals surface area contributed by atoms with E-state index in [0.717, 1.165) is 6.07 Å². The van der Waals surface area contributed by atoms with Gasteiger partial charge in [0.25, 0.3) is 5.56 Å². The van der Waals surface area contributed by atoms with Crippen LogP contribution in [0, 0.1) is 11.6 Å². The van der Waals surface area contributed by atoms with Crippen molar-refractivity contribution in [1.82, 2.24) is 24.3 Å². The lowest BCUT2D eigenvalue weighted by Crippen LogP contribution is -2.26. The first kappa shape index (κ1) is 23.3. The van der Waals surface area contributed by atoms with Gasteiger partial charge >= 0.3 is 0 Å². The zero-order chi connectivity index (χ0) is 26.6. The highest BCUT2D eigenvalue weighted by molar-refractivity contribution is 5.98. The van der Waals surface area contributed by atoms with Crippen LogP contribution in [0.4, 0.5) is 14.6 Å². The van der Waals surface area contributed by atoms with Crippen molar-refractivity contribution in [3.05, 3.63) is 107 Å². The molecule has 0 aliphatic rings. The van der Waals surface area contributed by atoms with Gasteiger partial charge < -0.3 is 10.8 Å². The molecule has 38 heavy (non-hydrogen) atoms. The Hall–Kier alpha value is -5.12. The van der Waals surface area contributed by atoms with Gasteiger partial charge in [-0.1, -0.05) is 24.3 Å². The number of hydrogen-bond acceptors (Lipinski definition) is 6. The summed E-state index contributed by atoms with van der Waals surface area (Å²) in [5, 5.41) is 16.0. The van der Waals surface area contributed by atoms with Gasteiger partial charge in [0.1, 0.15) is 23.7 Å². The lowest BCUT2D eigenvalue weighted by Gasteiger charge is -2.20. The molecule has 0 amide bonds. The Morgan fingerprint density at radius 2 is 1.79 bits per heavy atom. The normalized spacial score (nSPS) is 12.3. The molecule has 3 aromatic heterocycles. The number of halogens is 2. The number of benzene rings is 3. The second-order valence-corrected chi connectivity index (χ2v) is 8.87. The maximum Gasteiger partial charge on any atom is 0.263 e. The fourth-order valence-corrected chi connectivity index (χ4v) is 4.72. The molecule has 0 bridgehead atoms. The molecule has 0 aliphatic carbocycles. The molecule has 10 heteroatoms. The van der Waals surface area contributed by atoms with Crippen molar-refractivity contribution in [1.29, 1.82) is 0 Å². The predicted molar refractivity (Wildman–Crippen MR) is 140 cm³/mol. The Balaban J connectivity index is 1.64. The molecule has 1 unspecified atom stereocenters. The average molecular weight is 511 g/mol. The molecule has 0 spiro atoms. The van der Waals surface area contributed by atoms with Crippen molar-refractivity contribution in [2.75, 3.05) is 5.73 Å². The third kappa shape index (κ3) is 3.65. The summed E-state index contributed by atoms with van der Waals surface area (Å²) in [5.74, 6) is -1.66. The van der Waals surface area contributed by atoms with Crippen LogP contribution in [0.3, 0.4) is 0 Å². The number of hydrogen-bond donors (Lipinski definition) is 2. The molecule has 3 aromatic carbocycles. The van der Waals surface area contributed by atoms with Gasteiger partial charge in [-0.15, -0.1) is 0 Å². The minimum absolute atomic E-state index is 0.137. The van der Waals surface area contributed by atoms with Gasteiger partial charge in [0.2, 0.25) is 0 Å². The standard InChI is InChI=1S/C28H20F2N6O2/c1-15(22-12-16-5-2-3-8-20(16)28(38)35(22)19-7-4-6-18(29)13-19)36-27-24(26(31)32-14-33-27)25(34-36)17-9-10-23(37)21(30)11-17/h2-15,37H,1H3,(H2,31,32,33). The summed E-state index contributed by atoms with van der Waals surface area (Å²) in [6.45, 7) is 1.82. The Morgan fingerprint density at radius 1 is 0.974 bits per heavy atom. The van der Waals surface area contributed by atoms with Crippen LogP contribution in [0.15, 0.2) is 83.9 Å². The second-order valence-electron chi connectivity index (χ2n) is 8.87. The van der Waals surface area contributed by atoms with E-state index in [0.29, 0.717) is 44.4 Å². The predicted octanol–water partition coefficient (Wildman–Crippen LogP) is 4.97. The van der Waals surface area contributed by atoms with E-state index >= 15 is 0 Å². The van der Waals surface area contributed by atoms with Crippen molar-refractivity contribution in [2.45, 2.75) is 13.0 Å². The summed E-state index contributed by atoms with van der Waals surface area (Å²) < 4.78 is 31.5. The summed E-state index contributed by atoms with van der Waals surface area (Å²) in [7, 11) is 0. The van der Waals surface area contributed by atoms with Crippen LogP contribution in [-0.4, -0.2) is 29.4 Å². The number of aromatic hydroxyl groups is 1. The molecule has 0 aliphatic heterocycles. The van der Waals surface area contributed by atoms with Crippen LogP contribution < -0.4 is 11.3 Å². The smallest absolute Gasteiger partial charge is 0.263 e. The van der Waals surface area contributed by atoms with Gasteiger partial charge in [0.15, 0.2) is 17.2 Å². The molecule has 188 valence electrons. The lowest BCUT2D eigenvalue weighted by molar-refractivity contribution is 0.432. The first-order valence-electron chi connectivity index (χ1n) is 11.7. The monoisotopic (exact) mass is 510 g/mol. The van der Waals surface area contributed by atoms with E-state index in [1.807, 2.05) is 25.1 Å². The van der Waals surface area contributed by atoms with Gasteiger partial charge in [-0.05, 0) is 60.8 Å². The average Bonchev–Trinajstić information content (AvgIpc) is 3.31. The van der Waals surface area contributed by atoms with Crippen LogP contribution in [0.2, 0.25) is 0 Å². The number of fused-ring (bicyclic) bond motifs is 2. The minimum atomic E-state index is -0.817. The molecule has 0 saturated carbocycles. The quantitative estimate of drug-likeness (QED) is 0.346. The third-order valence-corrected chi connectivity index (χ3v) is 6.56. The van der Waals surface area contributed by atoms with Crippen molar-refractivity contribution in [3.8, 4) is 22.7 Å². The molecule has 0 fully saturated rings. The number of phenols is 1. The highest BCUT2D eigenvalue weighted by Gasteiger charge is 2.24. The molecule has 1 atom stereocenters. The minimum Gasteiger partial charge on any atom is -0.505 e. The summed E-state index contributed by atoms with van der Waals surface area (Å²) in [5.41, 5.74) is 7.79. The van der Waals surface area contributed by atoms with Gasteiger partial charge in [-0.25, -0.2) is 23.4 Å². The fraction of sp³-hybridized carbons (Fsp3) is 0.0714. The first-order valence-corrected chi connectivity index (χ1v) is 11.7. The molecule has 6 aromatic rings. The van der Waals surface area contributed by atoms with Crippen molar-refractivity contribution >= 4 is 27.6 Å². The van der Waals surface area contributed by atoms with Gasteiger partial charge in [0, 0.05) is 10.9 Å². The van der Waals surface area contributed by atoms with Gasteiger partial charge in [-0.2, -0.15) is 5.10 Å². The number of aromatic nitrogens is 5. The molecule has 8 nitrogen and oxygen atoms in total. The Labute approximate surface area is 214 Å². The van der Waals surface area contributed by atoms with Crippen LogP contribution in [-0.2, 0) is 0 Å². The Morgan fingerprint density at radius 3 is 2.58 bits per heavy atom. The lowest BCUT2D eigenvalue weighted by atomic mass is 10.1. The maximum absolute atomic E-state index is 14.2. The van der Waals surface area contributed by atoms with E-state index < -0.39 is 23.4 Å². The van der Waals surface area contributed by atoms with Crippen molar-refractivity contribution < 1.29 is 13.9 Å². The van der Waals surface area contributed by atoms with Crippen LogP contribution in [0.25, 0.3) is 38.8 Å². The number of rotatable bonds is 4. The molecular formula is C28H20F2N6O2. The zero-order valence-electron chi connectivity index (χ0n) is 20.0. The number of pyridine rings is 1. The third-order valence-electron chi connectivity index (χ3n) is 6.56. The van der Waals surface area contributed by atoms with Gasteiger partial charge in [0.05, 0.1) is 22.8 Å². The van der Waals surface area contributed by atoms with Crippen molar-refractivity contribution in [2.24, 2.45) is 0 Å². The fourth-order valence-electron chi connectivity index (χ4n) is 4.72. The highest BCUT2D eigenvalue weighted by atomic mass is 19.1. The highest BCUT2D eigenvalue weighted by Crippen LogP contribution is 2.35. The van der Waals surface area contributed by atoms with E-state index in [2.05, 4.69) is 9.97 Å². The van der Waals surface area contributed by atoms with E-state index in [1.165, 1.54) is 41.2 Å². The molecule has 3 N–H and O–H groups in total. The Kier molecular flexibility index (Phi) is 5.37. The number of nitrogen functional groups attached to an aromatic ring is 1. The molecule has 6 rings (SSSR count). The number of nitrogens with two attached hydrogens (primary N) is 1. The van der Waals surface area contributed by atoms with E-state index in [4.69, 9.17) is 10.8 Å². The number of anilines is 1. The second kappa shape index (κ2) is 8.77. The van der Waals surface area contributed by atoms with E-state index in [1.54, 1.807) is 22.9 Å². The summed E-state index contributed by atoms with van der Waals surface area (Å²) >= 11 is 0. The summed E-state index contributed by atoms with van der Waals surface area (Å²) in [4.78, 5) is 22.2.